The van der Waals surface area contributed by atoms with Gasteiger partial charge in [-0.25, -0.2) is 9.37 Å². The van der Waals surface area contributed by atoms with Crippen LogP contribution in [0, 0.1) is 11.7 Å². The predicted molar refractivity (Wildman–Crippen MR) is 46.0 cm³/mol. The van der Waals surface area contributed by atoms with E-state index in [1.54, 1.807) is 0 Å². The molecular weight excluding hydrogens is 212 g/mol. The predicted octanol–water partition coefficient (Wildman–Crippen LogP) is 2.22. The molecule has 15 heavy (non-hydrogen) atoms. The van der Waals surface area contributed by atoms with Gasteiger partial charge in [-0.1, -0.05) is 0 Å². The first-order chi connectivity index (χ1) is 6.97. The van der Waals surface area contributed by atoms with Crippen molar-refractivity contribution >= 4 is 5.82 Å². The highest BCUT2D eigenvalue weighted by molar-refractivity contribution is 5.41. The molecule has 0 unspecified atom stereocenters. The van der Waals surface area contributed by atoms with Crippen molar-refractivity contribution in [1.82, 2.24) is 4.98 Å². The maximum atomic E-state index is 12.5. The molecule has 6 heteroatoms. The summed E-state index contributed by atoms with van der Waals surface area (Å²) in [6.45, 7) is -0.190. The summed E-state index contributed by atoms with van der Waals surface area (Å²) in [5, 5.41) is 0. The molecule has 0 radical (unpaired) electrons. The van der Waals surface area contributed by atoms with E-state index in [2.05, 4.69) is 4.98 Å². The Morgan fingerprint density at radius 2 is 1.93 bits per heavy atom. The lowest BCUT2D eigenvalue weighted by atomic mass is 10.00. The van der Waals surface area contributed by atoms with Gasteiger partial charge in [0.05, 0.1) is 12.1 Å². The van der Waals surface area contributed by atoms with Crippen molar-refractivity contribution in [3.05, 3.63) is 24.1 Å². The van der Waals surface area contributed by atoms with Crippen LogP contribution in [0.15, 0.2) is 18.3 Å². The molecule has 1 aliphatic rings. The normalized spacial score (nSPS) is 17.7. The van der Waals surface area contributed by atoms with E-state index in [1.165, 1.54) is 17.0 Å². The molecule has 2 heterocycles. The van der Waals surface area contributed by atoms with Crippen LogP contribution in [0.25, 0.3) is 0 Å². The summed E-state index contributed by atoms with van der Waals surface area (Å²) in [4.78, 5) is 5.17. The Kier molecular flexibility index (Phi) is 2.28. The third-order valence-electron chi connectivity index (χ3n) is 2.38. The molecule has 0 saturated carbocycles. The van der Waals surface area contributed by atoms with Crippen molar-refractivity contribution in [1.29, 1.82) is 0 Å². The maximum Gasteiger partial charge on any atom is 0.395 e. The molecule has 1 aliphatic heterocycles. The first kappa shape index (κ1) is 10.2. The van der Waals surface area contributed by atoms with Gasteiger partial charge in [0, 0.05) is 13.1 Å². The zero-order valence-electron chi connectivity index (χ0n) is 7.63. The van der Waals surface area contributed by atoms with Crippen LogP contribution in [0.3, 0.4) is 0 Å². The van der Waals surface area contributed by atoms with Gasteiger partial charge < -0.3 is 4.90 Å². The summed E-state index contributed by atoms with van der Waals surface area (Å²) >= 11 is 0. The molecule has 82 valence electrons. The van der Waals surface area contributed by atoms with E-state index in [1.807, 2.05) is 0 Å². The van der Waals surface area contributed by atoms with Gasteiger partial charge in [-0.05, 0) is 12.1 Å². The SMILES string of the molecule is Fc1ccc(N2CC(C(F)(F)F)C2)nc1. The minimum Gasteiger partial charge on any atom is -0.355 e. The summed E-state index contributed by atoms with van der Waals surface area (Å²) in [5.74, 6) is -1.40. The quantitative estimate of drug-likeness (QED) is 0.674. The first-order valence-corrected chi connectivity index (χ1v) is 4.40. The number of rotatable bonds is 1. The molecule has 1 aromatic rings. The largest absolute Gasteiger partial charge is 0.395 e. The smallest absolute Gasteiger partial charge is 0.355 e. The average Bonchev–Trinajstić information content (AvgIpc) is 2.03. The van der Waals surface area contributed by atoms with Crippen LogP contribution in [0.1, 0.15) is 0 Å². The molecule has 2 rings (SSSR count). The number of halogens is 4. The highest BCUT2D eigenvalue weighted by Gasteiger charge is 2.47. The highest BCUT2D eigenvalue weighted by atomic mass is 19.4. The van der Waals surface area contributed by atoms with Gasteiger partial charge >= 0.3 is 6.18 Å². The zero-order chi connectivity index (χ0) is 11.1. The molecule has 0 spiro atoms. The molecule has 1 fully saturated rings. The van der Waals surface area contributed by atoms with E-state index < -0.39 is 17.9 Å². The van der Waals surface area contributed by atoms with Gasteiger partial charge in [-0.3, -0.25) is 0 Å². The van der Waals surface area contributed by atoms with Crippen LogP contribution < -0.4 is 4.90 Å². The minimum atomic E-state index is -4.14. The van der Waals surface area contributed by atoms with Gasteiger partial charge in [-0.15, -0.1) is 0 Å². The standard InChI is InChI=1S/C9H8F4N2/c10-7-1-2-8(14-3-7)15-4-6(5-15)9(11,12)13/h1-3,6H,4-5H2. The molecular formula is C9H8F4N2. The minimum absolute atomic E-state index is 0.0951. The second kappa shape index (κ2) is 3.36. The number of hydrogen-bond donors (Lipinski definition) is 0. The molecule has 0 atom stereocenters. The summed E-state index contributed by atoms with van der Waals surface area (Å²) in [7, 11) is 0. The average molecular weight is 220 g/mol. The fraction of sp³-hybridized carbons (Fsp3) is 0.444. The molecule has 0 aliphatic carbocycles. The lowest BCUT2D eigenvalue weighted by molar-refractivity contribution is -0.180. The van der Waals surface area contributed by atoms with E-state index in [9.17, 15) is 17.6 Å². The number of pyridine rings is 1. The number of alkyl halides is 3. The fourth-order valence-corrected chi connectivity index (χ4v) is 1.43. The third-order valence-corrected chi connectivity index (χ3v) is 2.38. The molecule has 1 saturated heterocycles. The van der Waals surface area contributed by atoms with Crippen LogP contribution in [0.5, 0.6) is 0 Å². The Morgan fingerprint density at radius 1 is 1.27 bits per heavy atom. The summed E-state index contributed by atoms with van der Waals surface area (Å²) in [6, 6.07) is 2.56. The van der Waals surface area contributed by atoms with Gasteiger partial charge in [0.25, 0.3) is 0 Å². The van der Waals surface area contributed by atoms with E-state index in [4.69, 9.17) is 0 Å². The Morgan fingerprint density at radius 3 is 2.40 bits per heavy atom. The lowest BCUT2D eigenvalue weighted by Crippen LogP contribution is -2.53. The van der Waals surface area contributed by atoms with Crippen LogP contribution >= 0.6 is 0 Å². The van der Waals surface area contributed by atoms with Crippen LogP contribution in [0.2, 0.25) is 0 Å². The van der Waals surface area contributed by atoms with Crippen molar-refractivity contribution in [3.8, 4) is 0 Å². The van der Waals surface area contributed by atoms with Crippen molar-refractivity contribution in [2.45, 2.75) is 6.18 Å². The summed E-state index contributed by atoms with van der Waals surface area (Å²) in [5.41, 5.74) is 0. The molecule has 0 N–H and O–H groups in total. The Balaban J connectivity index is 1.98. The second-order valence-corrected chi connectivity index (χ2v) is 3.48. The Hall–Kier alpha value is -1.33. The Labute approximate surface area is 83.5 Å². The van der Waals surface area contributed by atoms with Crippen molar-refractivity contribution in [2.24, 2.45) is 5.92 Å². The highest BCUT2D eigenvalue weighted by Crippen LogP contribution is 2.35. The van der Waals surface area contributed by atoms with E-state index in [0.29, 0.717) is 5.82 Å². The van der Waals surface area contributed by atoms with Crippen LogP contribution in [0.4, 0.5) is 23.4 Å². The Bertz CT molecular complexity index is 340. The molecule has 0 amide bonds. The number of hydrogen-bond acceptors (Lipinski definition) is 2. The van der Waals surface area contributed by atoms with Crippen LogP contribution in [-0.4, -0.2) is 24.2 Å². The third kappa shape index (κ3) is 2.03. The first-order valence-electron chi connectivity index (χ1n) is 4.40. The lowest BCUT2D eigenvalue weighted by Gasteiger charge is -2.40. The van der Waals surface area contributed by atoms with Gasteiger partial charge in [-0.2, -0.15) is 13.2 Å². The summed E-state index contributed by atoms with van der Waals surface area (Å²) in [6.07, 6.45) is -3.15. The maximum absolute atomic E-state index is 12.5. The van der Waals surface area contributed by atoms with Gasteiger partial charge in [0.1, 0.15) is 11.6 Å². The summed E-state index contributed by atoms with van der Waals surface area (Å²) < 4.78 is 48.9. The zero-order valence-corrected chi connectivity index (χ0v) is 7.63. The van der Waals surface area contributed by atoms with Gasteiger partial charge in [0.15, 0.2) is 0 Å². The molecule has 1 aromatic heterocycles. The molecule has 0 aromatic carbocycles. The van der Waals surface area contributed by atoms with E-state index in [0.717, 1.165) is 6.20 Å². The van der Waals surface area contributed by atoms with E-state index >= 15 is 0 Å². The van der Waals surface area contributed by atoms with Crippen molar-refractivity contribution < 1.29 is 17.6 Å². The number of nitrogens with zero attached hydrogens (tertiary/aromatic N) is 2. The monoisotopic (exact) mass is 220 g/mol. The van der Waals surface area contributed by atoms with Crippen molar-refractivity contribution in [3.63, 3.8) is 0 Å². The van der Waals surface area contributed by atoms with Crippen LogP contribution in [-0.2, 0) is 0 Å². The van der Waals surface area contributed by atoms with E-state index in [-0.39, 0.29) is 13.1 Å². The fourth-order valence-electron chi connectivity index (χ4n) is 1.43. The topological polar surface area (TPSA) is 16.1 Å². The molecule has 2 nitrogen and oxygen atoms in total. The van der Waals surface area contributed by atoms with Crippen molar-refractivity contribution in [2.75, 3.05) is 18.0 Å². The number of anilines is 1. The van der Waals surface area contributed by atoms with Gasteiger partial charge in [0.2, 0.25) is 0 Å². The number of aromatic nitrogens is 1. The second-order valence-electron chi connectivity index (χ2n) is 3.48. The molecule has 0 bridgehead atoms.